The molecule has 2 rings (SSSR count). The highest BCUT2D eigenvalue weighted by atomic mass is 16.5. The van der Waals surface area contributed by atoms with Crippen LogP contribution in [0.25, 0.3) is 0 Å². The monoisotopic (exact) mass is 255 g/mol. The molecule has 2 fully saturated rings. The van der Waals surface area contributed by atoms with Gasteiger partial charge in [-0.2, -0.15) is 0 Å². The molecule has 0 bridgehead atoms. The van der Waals surface area contributed by atoms with Crippen molar-refractivity contribution in [2.75, 3.05) is 6.54 Å². The van der Waals surface area contributed by atoms with Crippen LogP contribution in [0.3, 0.4) is 0 Å². The molecule has 0 aromatic carbocycles. The normalized spacial score (nSPS) is 31.8. The standard InChI is InChI=1S/C13H21NO4/c1-9-4-5-10(18-9)6-7-12(15)14-8-2-3-11(14)13(16)17/h9-11H,2-8H2,1H3,(H,16,17)/t9?,10?,11-/m1/s1. The Morgan fingerprint density at radius 1 is 1.33 bits per heavy atom. The number of rotatable bonds is 4. The van der Waals surface area contributed by atoms with Crippen molar-refractivity contribution in [1.29, 1.82) is 0 Å². The summed E-state index contributed by atoms with van der Waals surface area (Å²) >= 11 is 0. The van der Waals surface area contributed by atoms with Crippen LogP contribution in [0.15, 0.2) is 0 Å². The van der Waals surface area contributed by atoms with E-state index in [1.807, 2.05) is 6.92 Å². The molecule has 0 saturated carbocycles. The molecular formula is C13H21NO4. The number of carboxylic acid groups (broad SMARTS) is 1. The summed E-state index contributed by atoms with van der Waals surface area (Å²) in [5.74, 6) is -0.922. The first-order valence-corrected chi connectivity index (χ1v) is 6.75. The Hall–Kier alpha value is -1.10. The van der Waals surface area contributed by atoms with Crippen LogP contribution < -0.4 is 0 Å². The van der Waals surface area contributed by atoms with Gasteiger partial charge in [-0.3, -0.25) is 4.79 Å². The number of hydrogen-bond donors (Lipinski definition) is 1. The third-order valence-electron chi connectivity index (χ3n) is 3.86. The number of nitrogens with zero attached hydrogens (tertiary/aromatic N) is 1. The van der Waals surface area contributed by atoms with Gasteiger partial charge in [0.1, 0.15) is 6.04 Å². The summed E-state index contributed by atoms with van der Waals surface area (Å²) in [4.78, 5) is 24.5. The fraction of sp³-hybridized carbons (Fsp3) is 0.846. The van der Waals surface area contributed by atoms with Gasteiger partial charge < -0.3 is 14.7 Å². The molecule has 0 radical (unpaired) electrons. The predicted molar refractivity (Wildman–Crippen MR) is 65.2 cm³/mol. The lowest BCUT2D eigenvalue weighted by Crippen LogP contribution is -2.40. The molecule has 2 aliphatic heterocycles. The molecule has 102 valence electrons. The van der Waals surface area contributed by atoms with Gasteiger partial charge in [-0.25, -0.2) is 4.79 Å². The second kappa shape index (κ2) is 5.69. The molecule has 2 unspecified atom stereocenters. The Morgan fingerprint density at radius 2 is 2.11 bits per heavy atom. The lowest BCUT2D eigenvalue weighted by atomic mass is 10.1. The zero-order valence-electron chi connectivity index (χ0n) is 10.8. The second-order valence-corrected chi connectivity index (χ2v) is 5.27. The SMILES string of the molecule is CC1CCC(CCC(=O)N2CCC[C@@H]2C(=O)O)O1. The van der Waals surface area contributed by atoms with Gasteiger partial charge in [0.05, 0.1) is 12.2 Å². The van der Waals surface area contributed by atoms with Gasteiger partial charge >= 0.3 is 5.97 Å². The van der Waals surface area contributed by atoms with Gasteiger partial charge in [0.2, 0.25) is 5.91 Å². The maximum Gasteiger partial charge on any atom is 0.326 e. The Morgan fingerprint density at radius 3 is 2.72 bits per heavy atom. The Balaban J connectivity index is 1.79. The zero-order valence-corrected chi connectivity index (χ0v) is 10.8. The molecule has 18 heavy (non-hydrogen) atoms. The van der Waals surface area contributed by atoms with E-state index in [0.717, 1.165) is 19.3 Å². The van der Waals surface area contributed by atoms with Crippen LogP contribution in [0.2, 0.25) is 0 Å². The minimum absolute atomic E-state index is 0.0388. The first kappa shape index (κ1) is 13.3. The van der Waals surface area contributed by atoms with Crippen molar-refractivity contribution in [1.82, 2.24) is 4.90 Å². The van der Waals surface area contributed by atoms with Crippen molar-refractivity contribution >= 4 is 11.9 Å². The van der Waals surface area contributed by atoms with Crippen LogP contribution in [0.4, 0.5) is 0 Å². The van der Waals surface area contributed by atoms with Gasteiger partial charge in [-0.15, -0.1) is 0 Å². The Labute approximate surface area is 107 Å². The van der Waals surface area contributed by atoms with Gasteiger partial charge in [-0.05, 0) is 39.0 Å². The molecule has 1 N–H and O–H groups in total. The van der Waals surface area contributed by atoms with Crippen LogP contribution >= 0.6 is 0 Å². The van der Waals surface area contributed by atoms with Gasteiger partial charge in [0.15, 0.2) is 0 Å². The Kier molecular flexibility index (Phi) is 4.22. The highest BCUT2D eigenvalue weighted by Gasteiger charge is 2.34. The zero-order chi connectivity index (χ0) is 13.1. The summed E-state index contributed by atoms with van der Waals surface area (Å²) in [6.07, 6.45) is 5.03. The summed E-state index contributed by atoms with van der Waals surface area (Å²) in [6, 6.07) is -0.610. The first-order chi connectivity index (χ1) is 8.58. The average Bonchev–Trinajstić information content (AvgIpc) is 2.94. The number of ether oxygens (including phenoxy) is 1. The number of carbonyl (C=O) groups excluding carboxylic acids is 1. The Bertz CT molecular complexity index is 331. The predicted octanol–water partition coefficient (Wildman–Crippen LogP) is 1.41. The average molecular weight is 255 g/mol. The molecular weight excluding hydrogens is 234 g/mol. The van der Waals surface area contributed by atoms with E-state index in [1.54, 1.807) is 0 Å². The highest BCUT2D eigenvalue weighted by Crippen LogP contribution is 2.24. The van der Waals surface area contributed by atoms with E-state index < -0.39 is 12.0 Å². The molecule has 5 nitrogen and oxygen atoms in total. The molecule has 2 saturated heterocycles. The third kappa shape index (κ3) is 3.02. The van der Waals surface area contributed by atoms with Crippen molar-refractivity contribution in [3.8, 4) is 0 Å². The van der Waals surface area contributed by atoms with Gasteiger partial charge in [0, 0.05) is 13.0 Å². The van der Waals surface area contributed by atoms with Crippen LogP contribution in [0.5, 0.6) is 0 Å². The minimum Gasteiger partial charge on any atom is -0.480 e. The lowest BCUT2D eigenvalue weighted by molar-refractivity contribution is -0.148. The molecule has 2 aliphatic rings. The van der Waals surface area contributed by atoms with E-state index >= 15 is 0 Å². The van der Waals surface area contributed by atoms with E-state index in [-0.39, 0.29) is 12.0 Å². The summed E-state index contributed by atoms with van der Waals surface area (Å²) in [7, 11) is 0. The number of carbonyl (C=O) groups is 2. The summed E-state index contributed by atoms with van der Waals surface area (Å²) in [5.41, 5.74) is 0. The molecule has 1 amide bonds. The summed E-state index contributed by atoms with van der Waals surface area (Å²) < 4.78 is 5.66. The topological polar surface area (TPSA) is 66.8 Å². The van der Waals surface area contributed by atoms with E-state index in [4.69, 9.17) is 9.84 Å². The highest BCUT2D eigenvalue weighted by molar-refractivity contribution is 5.84. The molecule has 0 aromatic rings. The molecule has 5 heteroatoms. The fourth-order valence-electron chi connectivity index (χ4n) is 2.85. The van der Waals surface area contributed by atoms with Gasteiger partial charge in [0.25, 0.3) is 0 Å². The van der Waals surface area contributed by atoms with Crippen LogP contribution in [0, 0.1) is 0 Å². The van der Waals surface area contributed by atoms with Crippen molar-refractivity contribution in [2.24, 2.45) is 0 Å². The van der Waals surface area contributed by atoms with Crippen LogP contribution in [-0.4, -0.2) is 46.7 Å². The van der Waals surface area contributed by atoms with E-state index in [1.165, 1.54) is 4.90 Å². The largest absolute Gasteiger partial charge is 0.480 e. The lowest BCUT2D eigenvalue weighted by Gasteiger charge is -2.22. The molecule has 0 aromatic heterocycles. The molecule has 0 aliphatic carbocycles. The van der Waals surface area contributed by atoms with Crippen molar-refractivity contribution in [2.45, 2.75) is 63.7 Å². The van der Waals surface area contributed by atoms with Gasteiger partial charge in [-0.1, -0.05) is 0 Å². The second-order valence-electron chi connectivity index (χ2n) is 5.27. The number of carboxylic acids is 1. The number of amides is 1. The van der Waals surface area contributed by atoms with E-state index in [0.29, 0.717) is 31.9 Å². The maximum atomic E-state index is 12.0. The first-order valence-electron chi connectivity index (χ1n) is 6.75. The fourth-order valence-corrected chi connectivity index (χ4v) is 2.85. The summed E-state index contributed by atoms with van der Waals surface area (Å²) in [6.45, 7) is 2.63. The van der Waals surface area contributed by atoms with Crippen LogP contribution in [-0.2, 0) is 14.3 Å². The number of aliphatic carboxylic acids is 1. The van der Waals surface area contributed by atoms with Crippen molar-refractivity contribution < 1.29 is 19.4 Å². The summed E-state index contributed by atoms with van der Waals surface area (Å²) in [5, 5.41) is 9.03. The van der Waals surface area contributed by atoms with E-state index in [9.17, 15) is 9.59 Å². The quantitative estimate of drug-likeness (QED) is 0.824. The van der Waals surface area contributed by atoms with E-state index in [2.05, 4.69) is 0 Å². The number of hydrogen-bond acceptors (Lipinski definition) is 3. The molecule has 2 heterocycles. The maximum absolute atomic E-state index is 12.0. The van der Waals surface area contributed by atoms with Crippen molar-refractivity contribution in [3.05, 3.63) is 0 Å². The van der Waals surface area contributed by atoms with Crippen LogP contribution in [0.1, 0.15) is 45.4 Å². The smallest absolute Gasteiger partial charge is 0.326 e. The minimum atomic E-state index is -0.883. The molecule has 3 atom stereocenters. The number of likely N-dealkylation sites (tertiary alicyclic amines) is 1. The van der Waals surface area contributed by atoms with Crippen molar-refractivity contribution in [3.63, 3.8) is 0 Å². The molecule has 0 spiro atoms. The third-order valence-corrected chi connectivity index (χ3v) is 3.86.